The molecule has 0 unspecified atom stereocenters. The van der Waals surface area contributed by atoms with Crippen LogP contribution in [0.3, 0.4) is 0 Å². The van der Waals surface area contributed by atoms with Gasteiger partial charge in [-0.3, -0.25) is 9.59 Å². The summed E-state index contributed by atoms with van der Waals surface area (Å²) in [6, 6.07) is 0. The molecule has 1 saturated heterocycles. The Morgan fingerprint density at radius 3 is 2.72 bits per heavy atom. The van der Waals surface area contributed by atoms with Crippen molar-refractivity contribution < 1.29 is 14.3 Å². The van der Waals surface area contributed by atoms with Gasteiger partial charge in [0.1, 0.15) is 0 Å². The van der Waals surface area contributed by atoms with Crippen LogP contribution in [0.4, 0.5) is 0 Å². The quantitative estimate of drug-likeness (QED) is 0.488. The molecule has 0 aromatic heterocycles. The second-order valence-corrected chi connectivity index (χ2v) is 6.19. The molecule has 1 heterocycles. The van der Waals surface area contributed by atoms with Crippen LogP contribution in [0, 0.1) is 23.7 Å². The number of esters is 1. The van der Waals surface area contributed by atoms with Crippen molar-refractivity contribution >= 4 is 11.8 Å². The second kappa shape index (κ2) is 3.69. The Labute approximate surface area is 108 Å². The number of ketones is 1. The van der Waals surface area contributed by atoms with Crippen molar-refractivity contribution in [2.24, 2.45) is 23.7 Å². The van der Waals surface area contributed by atoms with E-state index in [1.807, 2.05) is 13.8 Å². The first kappa shape index (κ1) is 11.9. The molecule has 0 radical (unpaired) electrons. The lowest BCUT2D eigenvalue weighted by Crippen LogP contribution is -2.57. The molecule has 2 aliphatic carbocycles. The lowest BCUT2D eigenvalue weighted by molar-refractivity contribution is -0.171. The van der Waals surface area contributed by atoms with Crippen molar-refractivity contribution in [3.8, 4) is 0 Å². The number of allylic oxidation sites excluding steroid dienone is 1. The molecular formula is C15H20O3. The number of carbonyl (C=O) groups excluding carboxylic acids is 2. The molecule has 3 heteroatoms. The van der Waals surface area contributed by atoms with Gasteiger partial charge >= 0.3 is 5.97 Å². The van der Waals surface area contributed by atoms with Crippen LogP contribution < -0.4 is 0 Å². The van der Waals surface area contributed by atoms with E-state index >= 15 is 0 Å². The summed E-state index contributed by atoms with van der Waals surface area (Å²) < 4.78 is 5.69. The minimum Gasteiger partial charge on any atom is -0.450 e. The number of carbonyl (C=O) groups is 2. The van der Waals surface area contributed by atoms with E-state index in [0.29, 0.717) is 0 Å². The lowest BCUT2D eigenvalue weighted by Gasteiger charge is -2.47. The lowest BCUT2D eigenvalue weighted by atomic mass is 9.58. The minimum absolute atomic E-state index is 0.0211. The molecule has 3 nitrogen and oxygen atoms in total. The van der Waals surface area contributed by atoms with Crippen LogP contribution in [0.1, 0.15) is 40.0 Å². The Balaban J connectivity index is 2.13. The molecule has 1 aliphatic heterocycles. The highest BCUT2D eigenvalue weighted by molar-refractivity contribution is 5.96. The van der Waals surface area contributed by atoms with Gasteiger partial charge in [0.05, 0.1) is 5.92 Å². The summed E-state index contributed by atoms with van der Waals surface area (Å²) in [6.45, 7) is 5.94. The van der Waals surface area contributed by atoms with Crippen molar-refractivity contribution in [1.29, 1.82) is 0 Å². The van der Waals surface area contributed by atoms with E-state index in [1.165, 1.54) is 5.57 Å². The summed E-state index contributed by atoms with van der Waals surface area (Å²) in [7, 11) is 0. The fourth-order valence-corrected chi connectivity index (χ4v) is 4.15. The number of Topliss-reactive ketones (excluding diaryl/α,β-unsaturated/α-hetero) is 1. The normalized spacial score (nSPS) is 47.2. The van der Waals surface area contributed by atoms with Crippen LogP contribution >= 0.6 is 0 Å². The average molecular weight is 248 g/mol. The van der Waals surface area contributed by atoms with Gasteiger partial charge < -0.3 is 4.74 Å². The third-order valence-electron chi connectivity index (χ3n) is 5.28. The topological polar surface area (TPSA) is 43.4 Å². The number of rotatable bonds is 0. The molecule has 1 spiro atoms. The maximum absolute atomic E-state index is 12.7. The van der Waals surface area contributed by atoms with Crippen molar-refractivity contribution in [2.75, 3.05) is 0 Å². The Morgan fingerprint density at radius 2 is 2.00 bits per heavy atom. The molecule has 1 saturated carbocycles. The predicted octanol–water partition coefficient (Wildman–Crippen LogP) is 2.50. The molecule has 3 aliphatic rings. The highest BCUT2D eigenvalue weighted by atomic mass is 16.6. The second-order valence-electron chi connectivity index (χ2n) is 6.19. The van der Waals surface area contributed by atoms with E-state index in [4.69, 9.17) is 4.74 Å². The molecule has 0 aromatic rings. The van der Waals surface area contributed by atoms with Crippen molar-refractivity contribution in [1.82, 2.24) is 0 Å². The summed E-state index contributed by atoms with van der Waals surface area (Å²) in [4.78, 5) is 24.6. The van der Waals surface area contributed by atoms with Crippen molar-refractivity contribution in [3.05, 3.63) is 11.6 Å². The molecule has 0 aromatic carbocycles. The van der Waals surface area contributed by atoms with Gasteiger partial charge in [-0.25, -0.2) is 0 Å². The molecule has 3 rings (SSSR count). The first-order valence-corrected chi connectivity index (χ1v) is 6.92. The zero-order valence-corrected chi connectivity index (χ0v) is 11.2. The van der Waals surface area contributed by atoms with Crippen LogP contribution in [-0.4, -0.2) is 17.4 Å². The molecule has 18 heavy (non-hydrogen) atoms. The van der Waals surface area contributed by atoms with Crippen molar-refractivity contribution in [2.45, 2.75) is 45.6 Å². The summed E-state index contributed by atoms with van der Waals surface area (Å²) in [6.07, 6.45) is 4.88. The molecule has 0 N–H and O–H groups in total. The van der Waals surface area contributed by atoms with Crippen LogP contribution in [0.15, 0.2) is 11.6 Å². The van der Waals surface area contributed by atoms with Gasteiger partial charge in [0.2, 0.25) is 0 Å². The standard InChI is InChI=1S/C15H20O3/c1-8-4-7-12-10(3)14(17)18-15(12)11(8)6-5-9(2)13(15)16/h4,9-12H,5-7H2,1-3H3/t9-,10+,11+,12+,15-/m1/s1. The zero-order valence-electron chi connectivity index (χ0n) is 11.2. The Kier molecular flexibility index (Phi) is 2.45. The van der Waals surface area contributed by atoms with E-state index in [1.54, 1.807) is 0 Å². The number of ether oxygens (including phenoxy) is 1. The van der Waals surface area contributed by atoms with Gasteiger partial charge in [-0.1, -0.05) is 25.5 Å². The Bertz CT molecular complexity index is 451. The summed E-state index contributed by atoms with van der Waals surface area (Å²) in [5.74, 6) is 0.0195. The van der Waals surface area contributed by atoms with Crippen LogP contribution in [0.25, 0.3) is 0 Å². The van der Waals surface area contributed by atoms with E-state index in [9.17, 15) is 9.59 Å². The zero-order chi connectivity index (χ0) is 13.1. The molecule has 2 fully saturated rings. The fraction of sp³-hybridized carbons (Fsp3) is 0.733. The van der Waals surface area contributed by atoms with E-state index in [-0.39, 0.29) is 35.4 Å². The van der Waals surface area contributed by atoms with Gasteiger partial charge in [0.25, 0.3) is 0 Å². The van der Waals surface area contributed by atoms with Gasteiger partial charge in [0.15, 0.2) is 11.4 Å². The number of hydrogen-bond acceptors (Lipinski definition) is 3. The van der Waals surface area contributed by atoms with Crippen LogP contribution in [0.2, 0.25) is 0 Å². The SMILES string of the molecule is CC1=CC[C@H]2[C@H](C)C(=O)O[C@@]23C(=O)[C@H](C)CC[C@@H]13. The highest BCUT2D eigenvalue weighted by Gasteiger charge is 2.65. The van der Waals surface area contributed by atoms with Crippen LogP contribution in [-0.2, 0) is 14.3 Å². The maximum Gasteiger partial charge on any atom is 0.310 e. The number of hydrogen-bond donors (Lipinski definition) is 0. The van der Waals surface area contributed by atoms with Gasteiger partial charge in [-0.05, 0) is 26.2 Å². The molecular weight excluding hydrogens is 228 g/mol. The summed E-state index contributed by atoms with van der Waals surface area (Å²) >= 11 is 0. The van der Waals surface area contributed by atoms with Crippen LogP contribution in [0.5, 0.6) is 0 Å². The summed E-state index contributed by atoms with van der Waals surface area (Å²) in [5, 5.41) is 0. The first-order chi connectivity index (χ1) is 8.48. The van der Waals surface area contributed by atoms with E-state index in [0.717, 1.165) is 19.3 Å². The fourth-order valence-electron chi connectivity index (χ4n) is 4.15. The van der Waals surface area contributed by atoms with Crippen molar-refractivity contribution in [3.63, 3.8) is 0 Å². The van der Waals surface area contributed by atoms with Gasteiger partial charge in [-0.15, -0.1) is 0 Å². The highest BCUT2D eigenvalue weighted by Crippen LogP contribution is 2.55. The van der Waals surface area contributed by atoms with Gasteiger partial charge in [0, 0.05) is 17.8 Å². The molecule has 0 amide bonds. The molecule has 0 bridgehead atoms. The molecule has 5 atom stereocenters. The first-order valence-electron chi connectivity index (χ1n) is 6.92. The smallest absolute Gasteiger partial charge is 0.310 e. The third-order valence-corrected chi connectivity index (χ3v) is 5.28. The minimum atomic E-state index is -0.826. The predicted molar refractivity (Wildman–Crippen MR) is 66.7 cm³/mol. The van der Waals surface area contributed by atoms with E-state index in [2.05, 4.69) is 13.0 Å². The molecule has 98 valence electrons. The van der Waals surface area contributed by atoms with E-state index < -0.39 is 5.60 Å². The average Bonchev–Trinajstić information content (AvgIpc) is 2.59. The maximum atomic E-state index is 12.7. The third kappa shape index (κ3) is 1.25. The summed E-state index contributed by atoms with van der Waals surface area (Å²) in [5.41, 5.74) is 0.404. The Morgan fingerprint density at radius 1 is 1.28 bits per heavy atom. The van der Waals surface area contributed by atoms with Gasteiger partial charge in [-0.2, -0.15) is 0 Å². The monoisotopic (exact) mass is 248 g/mol. The largest absolute Gasteiger partial charge is 0.450 e. The Hall–Kier alpha value is -1.12.